The van der Waals surface area contributed by atoms with Gasteiger partial charge in [0.2, 0.25) is 10.0 Å². The number of aromatic nitrogens is 6. The third-order valence-electron chi connectivity index (χ3n) is 12.3. The second-order valence-electron chi connectivity index (χ2n) is 17.6. The van der Waals surface area contributed by atoms with E-state index in [-0.39, 0.29) is 28.6 Å². The molecule has 0 atom stereocenters. The lowest BCUT2D eigenvalue weighted by atomic mass is 9.83. The summed E-state index contributed by atoms with van der Waals surface area (Å²) < 4.78 is 67.6. The molecule has 7 aromatic rings. The van der Waals surface area contributed by atoms with Crippen LogP contribution in [0.1, 0.15) is 68.9 Å². The first-order valence-electron chi connectivity index (χ1n) is 22.8. The van der Waals surface area contributed by atoms with E-state index in [9.17, 15) is 21.9 Å². The highest BCUT2D eigenvalue weighted by atomic mass is 32.2. The minimum absolute atomic E-state index is 0.0684. The van der Waals surface area contributed by atoms with Crippen LogP contribution in [0.3, 0.4) is 0 Å². The Hall–Kier alpha value is -6.57. The van der Waals surface area contributed by atoms with Crippen LogP contribution in [0.5, 0.6) is 11.5 Å². The quantitative estimate of drug-likeness (QED) is 0.0647. The van der Waals surface area contributed by atoms with Crippen molar-refractivity contribution in [3.8, 4) is 11.5 Å². The maximum Gasteiger partial charge on any atom is 0.282 e. The van der Waals surface area contributed by atoms with Crippen LogP contribution in [0.25, 0.3) is 22.1 Å². The summed E-state index contributed by atoms with van der Waals surface area (Å²) in [4.78, 5) is 22.4. The number of rotatable bonds is 15. The molecule has 0 aliphatic heterocycles. The van der Waals surface area contributed by atoms with E-state index >= 15 is 0 Å². The average molecular weight is 963 g/mol. The Morgan fingerprint density at radius 1 is 0.618 bits per heavy atom. The van der Waals surface area contributed by atoms with Gasteiger partial charge in [-0.1, -0.05) is 68.5 Å². The van der Waals surface area contributed by atoms with E-state index in [4.69, 9.17) is 14.5 Å². The van der Waals surface area contributed by atoms with Gasteiger partial charge in [-0.3, -0.25) is 9.44 Å². The van der Waals surface area contributed by atoms with Gasteiger partial charge in [-0.2, -0.15) is 8.42 Å². The van der Waals surface area contributed by atoms with Gasteiger partial charge < -0.3 is 29.8 Å². The molecule has 0 unspecified atom stereocenters. The third kappa shape index (κ3) is 12.3. The van der Waals surface area contributed by atoms with Crippen LogP contribution >= 0.6 is 0 Å². The van der Waals surface area contributed by atoms with Crippen LogP contribution in [0.2, 0.25) is 0 Å². The average Bonchev–Trinajstić information content (AvgIpc) is 3.78. The number of aliphatic hydroxyl groups excluding tert-OH is 1. The third-order valence-corrected chi connectivity index (χ3v) is 14.1. The number of fused-ring (bicyclic) bond motifs is 2. The van der Waals surface area contributed by atoms with Crippen molar-refractivity contribution >= 4 is 76.8 Å². The zero-order chi connectivity index (χ0) is 47.8. The van der Waals surface area contributed by atoms with Crippen LogP contribution < -0.4 is 29.6 Å². The van der Waals surface area contributed by atoms with Gasteiger partial charge in [0.25, 0.3) is 10.0 Å². The molecule has 0 spiro atoms. The first-order valence-corrected chi connectivity index (χ1v) is 26.2. The zero-order valence-corrected chi connectivity index (χ0v) is 40.3. The maximum absolute atomic E-state index is 13.1. The predicted octanol–water partition coefficient (Wildman–Crippen LogP) is 8.89. The lowest BCUT2D eigenvalue weighted by Gasteiger charge is -2.26. The highest BCUT2D eigenvalue weighted by Gasteiger charge is 2.25. The summed E-state index contributed by atoms with van der Waals surface area (Å²) in [6.45, 7) is 0. The lowest BCUT2D eigenvalue weighted by Crippen LogP contribution is -2.20. The minimum atomic E-state index is -4.00. The number of aryl methyl sites for hydroxylation is 1. The van der Waals surface area contributed by atoms with Crippen molar-refractivity contribution in [3.05, 3.63) is 109 Å². The number of anilines is 6. The minimum Gasteiger partial charge on any atom is -0.497 e. The molecule has 2 saturated carbocycles. The molecule has 19 heteroatoms. The molecule has 358 valence electrons. The SMILES string of the molecule is COc1ccc(CC2CCC(O)CC2)c(Nc2nc3ccccc3nc2NS(=O)(=O)c2cn(C)cn2)c1.COc1ccc(CC2CCCCC2)c(Nc2nc3ccccc3nc2NS(C)(=O)=O)c1. The van der Waals surface area contributed by atoms with Gasteiger partial charge in [-0.25, -0.2) is 33.3 Å². The fraction of sp³-hybridized carbons (Fsp3) is 0.367. The molecular formula is C49H58N10O7S2. The second-order valence-corrected chi connectivity index (χ2v) is 20.9. The van der Waals surface area contributed by atoms with Crippen LogP contribution in [0, 0.1) is 11.8 Å². The number of methoxy groups -OCH3 is 2. The smallest absolute Gasteiger partial charge is 0.282 e. The van der Waals surface area contributed by atoms with Gasteiger partial charge in [-0.15, -0.1) is 0 Å². The van der Waals surface area contributed by atoms with Gasteiger partial charge in [0, 0.05) is 36.8 Å². The Labute approximate surface area is 397 Å². The van der Waals surface area contributed by atoms with Gasteiger partial charge in [-0.05, 0) is 97.9 Å². The summed E-state index contributed by atoms with van der Waals surface area (Å²) in [6.07, 6.45) is 15.4. The number of imidazole rings is 1. The van der Waals surface area contributed by atoms with Crippen molar-refractivity contribution in [2.24, 2.45) is 18.9 Å². The summed E-state index contributed by atoms with van der Waals surface area (Å²) >= 11 is 0. The van der Waals surface area contributed by atoms with E-state index in [0.717, 1.165) is 73.0 Å². The van der Waals surface area contributed by atoms with Gasteiger partial charge >= 0.3 is 0 Å². The van der Waals surface area contributed by atoms with Crippen LogP contribution in [-0.4, -0.2) is 78.0 Å². The molecule has 17 nitrogen and oxygen atoms in total. The Kier molecular flexibility index (Phi) is 14.9. The number of nitrogens with zero attached hydrogens (tertiary/aromatic N) is 6. The van der Waals surface area contributed by atoms with Gasteiger partial charge in [0.15, 0.2) is 28.3 Å². The topological polar surface area (TPSA) is 224 Å². The van der Waals surface area contributed by atoms with E-state index in [2.05, 4.69) is 46.1 Å². The van der Waals surface area contributed by atoms with Gasteiger partial charge in [0.1, 0.15) is 11.5 Å². The van der Waals surface area contributed by atoms with E-state index in [1.807, 2.05) is 66.7 Å². The number of aliphatic hydroxyl groups is 1. The molecule has 3 heterocycles. The molecule has 0 amide bonds. The monoisotopic (exact) mass is 962 g/mol. The fourth-order valence-electron chi connectivity index (χ4n) is 8.77. The van der Waals surface area contributed by atoms with Crippen LogP contribution in [0.4, 0.5) is 34.6 Å². The molecule has 0 bridgehead atoms. The second kappa shape index (κ2) is 21.2. The van der Waals surface area contributed by atoms with E-state index in [1.165, 1.54) is 44.6 Å². The highest BCUT2D eigenvalue weighted by molar-refractivity contribution is 7.92. The van der Waals surface area contributed by atoms with E-state index in [1.54, 1.807) is 38.0 Å². The van der Waals surface area contributed by atoms with Crippen molar-refractivity contribution in [2.45, 2.75) is 81.8 Å². The normalized spacial score (nSPS) is 16.7. The van der Waals surface area contributed by atoms with E-state index < -0.39 is 20.0 Å². The molecule has 9 rings (SSSR count). The van der Waals surface area contributed by atoms with Crippen molar-refractivity contribution in [2.75, 3.05) is 40.6 Å². The van der Waals surface area contributed by atoms with Crippen molar-refractivity contribution in [3.63, 3.8) is 0 Å². The number of sulfonamides is 2. The number of nitrogens with one attached hydrogen (secondary N) is 4. The number of hydrogen-bond acceptors (Lipinski definition) is 14. The Morgan fingerprint density at radius 3 is 1.51 bits per heavy atom. The summed E-state index contributed by atoms with van der Waals surface area (Å²) in [5, 5.41) is 16.5. The molecular weight excluding hydrogens is 905 g/mol. The first kappa shape index (κ1) is 47.9. The van der Waals surface area contributed by atoms with Crippen LogP contribution in [0.15, 0.2) is 102 Å². The van der Waals surface area contributed by atoms with Crippen LogP contribution in [-0.2, 0) is 39.9 Å². The number of hydrogen-bond donors (Lipinski definition) is 5. The zero-order valence-electron chi connectivity index (χ0n) is 38.6. The molecule has 5 N–H and O–H groups in total. The number of para-hydroxylation sites is 4. The Bertz CT molecular complexity index is 3100. The summed E-state index contributed by atoms with van der Waals surface area (Å²) in [6, 6.07) is 26.4. The largest absolute Gasteiger partial charge is 0.497 e. The molecule has 4 aromatic carbocycles. The number of benzene rings is 4. The molecule has 0 saturated heterocycles. The molecule has 68 heavy (non-hydrogen) atoms. The van der Waals surface area contributed by atoms with Crippen molar-refractivity contribution in [1.29, 1.82) is 0 Å². The first-order chi connectivity index (χ1) is 32.7. The summed E-state index contributed by atoms with van der Waals surface area (Å²) in [5.41, 5.74) is 6.30. The molecule has 2 aliphatic carbocycles. The van der Waals surface area contributed by atoms with Crippen molar-refractivity contribution in [1.82, 2.24) is 29.5 Å². The Balaban J connectivity index is 0.000000187. The maximum atomic E-state index is 13.1. The number of ether oxygens (including phenoxy) is 2. The van der Waals surface area contributed by atoms with Crippen molar-refractivity contribution < 1.29 is 31.4 Å². The van der Waals surface area contributed by atoms with E-state index in [0.29, 0.717) is 45.5 Å². The summed E-state index contributed by atoms with van der Waals surface area (Å²) in [7, 11) is -2.59. The Morgan fingerprint density at radius 2 is 1.07 bits per heavy atom. The predicted molar refractivity (Wildman–Crippen MR) is 266 cm³/mol. The molecule has 3 aromatic heterocycles. The van der Waals surface area contributed by atoms with Gasteiger partial charge in [0.05, 0.1) is 55.0 Å². The summed E-state index contributed by atoms with van der Waals surface area (Å²) in [5.74, 6) is 3.36. The standard InChI is InChI=1S/C26H30N6O4S.C23H28N4O3S/c1-32-15-24(27-16-32)37(34,35)31-26-25(28-21-5-3-4-6-22(21)29-26)30-23-14-20(36-2)12-9-18(23)13-17-7-10-19(33)11-8-17;1-30-18-13-12-17(14-16-8-4-3-5-9-16)21(15-18)26-22-23(27-31(2,28)29)25-20-11-7-6-10-19(20)24-22/h3-6,9,12,14-17,19,33H,7-8,10-11,13H2,1-2H3,(H,28,30)(H,29,31);6-7,10-13,15-16H,3-5,8-9,14H2,1-2H3,(H,24,26)(H,25,27). The fourth-order valence-corrected chi connectivity index (χ4v) is 10.3. The molecule has 0 radical (unpaired) electrons. The lowest BCUT2D eigenvalue weighted by molar-refractivity contribution is 0.109. The highest BCUT2D eigenvalue weighted by Crippen LogP contribution is 2.36. The molecule has 2 aliphatic rings. The molecule has 2 fully saturated rings.